The molecule has 0 aliphatic carbocycles. The van der Waals surface area contributed by atoms with Gasteiger partial charge in [0, 0.05) is 39.4 Å². The molecule has 4 heterocycles. The molecule has 0 atom stereocenters. The van der Waals surface area contributed by atoms with Gasteiger partial charge in [0.05, 0.1) is 23.0 Å². The van der Waals surface area contributed by atoms with Gasteiger partial charge in [0.1, 0.15) is 17.2 Å². The lowest BCUT2D eigenvalue weighted by atomic mass is 10.1. The standard InChI is InChI=1S/C19H18F3N7O2/c1-27-15(8-14(26-27)13-5-4-11(9-23-13)19(20,21)22)25-17(30)16-12(10-24-28(16)2)18(31)29-6-3-7-29/h4-5,8-10H,3,6-7H2,1-2H3,(H,25,30). The summed E-state index contributed by atoms with van der Waals surface area (Å²) >= 11 is 0. The van der Waals surface area contributed by atoms with Gasteiger partial charge in [-0.05, 0) is 18.6 Å². The van der Waals surface area contributed by atoms with E-state index in [-0.39, 0.29) is 34.4 Å². The summed E-state index contributed by atoms with van der Waals surface area (Å²) in [5, 5.41) is 10.9. The SMILES string of the molecule is Cn1nc(-c2ccc(C(F)(F)F)cn2)cc1NC(=O)c1c(C(=O)N2CCC2)cnn1C. The highest BCUT2D eigenvalue weighted by Crippen LogP contribution is 2.30. The number of rotatable bonds is 4. The van der Waals surface area contributed by atoms with Crippen molar-refractivity contribution in [1.82, 2.24) is 29.4 Å². The van der Waals surface area contributed by atoms with Gasteiger partial charge in [0.2, 0.25) is 0 Å². The van der Waals surface area contributed by atoms with E-state index in [2.05, 4.69) is 20.5 Å². The van der Waals surface area contributed by atoms with E-state index in [4.69, 9.17) is 0 Å². The summed E-state index contributed by atoms with van der Waals surface area (Å²) in [7, 11) is 3.13. The van der Waals surface area contributed by atoms with Crippen molar-refractivity contribution in [2.75, 3.05) is 18.4 Å². The quantitative estimate of drug-likeness (QED) is 0.681. The third-order valence-electron chi connectivity index (χ3n) is 5.00. The van der Waals surface area contributed by atoms with E-state index in [1.54, 1.807) is 19.0 Å². The van der Waals surface area contributed by atoms with Crippen molar-refractivity contribution in [3.63, 3.8) is 0 Å². The first-order valence-corrected chi connectivity index (χ1v) is 9.35. The Kier molecular flexibility index (Phi) is 4.99. The summed E-state index contributed by atoms with van der Waals surface area (Å²) in [6.45, 7) is 1.28. The number of pyridine rings is 1. The Balaban J connectivity index is 1.56. The number of halogens is 3. The van der Waals surface area contributed by atoms with Gasteiger partial charge in [0.15, 0.2) is 0 Å². The van der Waals surface area contributed by atoms with Gasteiger partial charge in [-0.3, -0.25) is 23.9 Å². The number of anilines is 1. The molecule has 1 saturated heterocycles. The third-order valence-corrected chi connectivity index (χ3v) is 5.00. The lowest BCUT2D eigenvalue weighted by Gasteiger charge is -2.30. The molecular formula is C19H18F3N7O2. The zero-order valence-corrected chi connectivity index (χ0v) is 16.6. The summed E-state index contributed by atoms with van der Waals surface area (Å²) < 4.78 is 40.9. The van der Waals surface area contributed by atoms with Gasteiger partial charge in [-0.25, -0.2) is 0 Å². The maximum Gasteiger partial charge on any atom is 0.417 e. The molecule has 1 fully saturated rings. The highest BCUT2D eigenvalue weighted by Gasteiger charge is 2.31. The van der Waals surface area contributed by atoms with Crippen LogP contribution in [0.4, 0.5) is 19.0 Å². The molecule has 0 radical (unpaired) electrons. The van der Waals surface area contributed by atoms with Crippen molar-refractivity contribution in [1.29, 1.82) is 0 Å². The van der Waals surface area contributed by atoms with Crippen LogP contribution < -0.4 is 5.32 Å². The number of aryl methyl sites for hydroxylation is 2. The number of likely N-dealkylation sites (tertiary alicyclic amines) is 1. The lowest BCUT2D eigenvalue weighted by molar-refractivity contribution is -0.137. The monoisotopic (exact) mass is 433 g/mol. The van der Waals surface area contributed by atoms with E-state index in [9.17, 15) is 22.8 Å². The molecule has 4 rings (SSSR count). The molecule has 31 heavy (non-hydrogen) atoms. The fourth-order valence-corrected chi connectivity index (χ4v) is 3.15. The Morgan fingerprint density at radius 2 is 1.81 bits per heavy atom. The maximum atomic E-state index is 12.9. The molecule has 1 aliphatic rings. The Hall–Kier alpha value is -3.70. The summed E-state index contributed by atoms with van der Waals surface area (Å²) in [5.41, 5.74) is -0.0539. The number of nitrogens with zero attached hydrogens (tertiary/aromatic N) is 6. The highest BCUT2D eigenvalue weighted by atomic mass is 19.4. The van der Waals surface area contributed by atoms with E-state index in [1.165, 1.54) is 27.7 Å². The molecule has 3 aromatic heterocycles. The largest absolute Gasteiger partial charge is 0.417 e. The average molecular weight is 433 g/mol. The Morgan fingerprint density at radius 1 is 1.06 bits per heavy atom. The molecule has 12 heteroatoms. The second kappa shape index (κ2) is 7.52. The van der Waals surface area contributed by atoms with Crippen LogP contribution in [0.5, 0.6) is 0 Å². The molecule has 3 aromatic rings. The van der Waals surface area contributed by atoms with E-state index >= 15 is 0 Å². The van der Waals surface area contributed by atoms with Crippen LogP contribution in [0.15, 0.2) is 30.6 Å². The number of carbonyl (C=O) groups is 2. The van der Waals surface area contributed by atoms with Crippen LogP contribution in [0.3, 0.4) is 0 Å². The number of carbonyl (C=O) groups excluding carboxylic acids is 2. The maximum absolute atomic E-state index is 12.9. The van der Waals surface area contributed by atoms with E-state index in [1.807, 2.05) is 0 Å². The predicted octanol–water partition coefficient (Wildman–Crippen LogP) is 2.33. The Labute approximate surface area is 174 Å². The number of hydrogen-bond donors (Lipinski definition) is 1. The zero-order chi connectivity index (χ0) is 22.3. The van der Waals surface area contributed by atoms with Crippen molar-refractivity contribution in [3.05, 3.63) is 47.4 Å². The molecule has 2 amide bonds. The first-order chi connectivity index (χ1) is 14.6. The van der Waals surface area contributed by atoms with Gasteiger partial charge in [0.25, 0.3) is 11.8 Å². The first kappa shape index (κ1) is 20.6. The molecule has 0 aromatic carbocycles. The van der Waals surface area contributed by atoms with Crippen LogP contribution in [0.1, 0.15) is 32.8 Å². The Bertz CT molecular complexity index is 1140. The molecule has 1 aliphatic heterocycles. The van der Waals surface area contributed by atoms with Crippen LogP contribution in [0.25, 0.3) is 11.4 Å². The van der Waals surface area contributed by atoms with Gasteiger partial charge < -0.3 is 10.2 Å². The number of hydrogen-bond acceptors (Lipinski definition) is 5. The van der Waals surface area contributed by atoms with Gasteiger partial charge >= 0.3 is 6.18 Å². The van der Waals surface area contributed by atoms with E-state index in [0.717, 1.165) is 18.7 Å². The predicted molar refractivity (Wildman–Crippen MR) is 103 cm³/mol. The van der Waals surface area contributed by atoms with Gasteiger partial charge in [-0.1, -0.05) is 0 Å². The second-order valence-corrected chi connectivity index (χ2v) is 7.10. The Morgan fingerprint density at radius 3 is 2.39 bits per heavy atom. The molecule has 1 N–H and O–H groups in total. The van der Waals surface area contributed by atoms with Crippen LogP contribution in [-0.4, -0.2) is 54.3 Å². The van der Waals surface area contributed by atoms with E-state index < -0.39 is 17.6 Å². The first-order valence-electron chi connectivity index (χ1n) is 9.35. The number of amides is 2. The molecule has 162 valence electrons. The number of nitrogens with one attached hydrogen (secondary N) is 1. The topological polar surface area (TPSA) is 97.9 Å². The molecule has 0 spiro atoms. The smallest absolute Gasteiger partial charge is 0.338 e. The van der Waals surface area contributed by atoms with Crippen LogP contribution in [0, 0.1) is 0 Å². The molecule has 0 saturated carbocycles. The molecule has 9 nitrogen and oxygen atoms in total. The van der Waals surface area contributed by atoms with Crippen molar-refractivity contribution >= 4 is 17.6 Å². The van der Waals surface area contributed by atoms with Crippen molar-refractivity contribution < 1.29 is 22.8 Å². The summed E-state index contributed by atoms with van der Waals surface area (Å²) in [5.74, 6) is -0.534. The fraction of sp³-hybridized carbons (Fsp3) is 0.316. The van der Waals surface area contributed by atoms with Crippen molar-refractivity contribution in [2.45, 2.75) is 12.6 Å². The van der Waals surface area contributed by atoms with Crippen LogP contribution in [-0.2, 0) is 20.3 Å². The fourth-order valence-electron chi connectivity index (χ4n) is 3.15. The van der Waals surface area contributed by atoms with Crippen LogP contribution >= 0.6 is 0 Å². The summed E-state index contributed by atoms with van der Waals surface area (Å²) in [6, 6.07) is 3.61. The minimum Gasteiger partial charge on any atom is -0.338 e. The van der Waals surface area contributed by atoms with Crippen LogP contribution in [0.2, 0.25) is 0 Å². The van der Waals surface area contributed by atoms with Crippen molar-refractivity contribution in [2.24, 2.45) is 14.1 Å². The molecule has 0 unspecified atom stereocenters. The van der Waals surface area contributed by atoms with Gasteiger partial charge in [-0.2, -0.15) is 23.4 Å². The minimum absolute atomic E-state index is 0.104. The summed E-state index contributed by atoms with van der Waals surface area (Å²) in [6.07, 6.45) is -1.48. The molecule has 0 bridgehead atoms. The second-order valence-electron chi connectivity index (χ2n) is 7.10. The van der Waals surface area contributed by atoms with E-state index in [0.29, 0.717) is 13.1 Å². The lowest BCUT2D eigenvalue weighted by Crippen LogP contribution is -2.42. The molecular weight excluding hydrogens is 415 g/mol. The zero-order valence-electron chi connectivity index (χ0n) is 16.6. The minimum atomic E-state index is -4.48. The normalized spacial score (nSPS) is 13.8. The number of aromatic nitrogens is 5. The van der Waals surface area contributed by atoms with Crippen molar-refractivity contribution in [3.8, 4) is 11.4 Å². The average Bonchev–Trinajstić information content (AvgIpc) is 3.22. The highest BCUT2D eigenvalue weighted by molar-refractivity contribution is 6.11. The number of alkyl halides is 3. The van der Waals surface area contributed by atoms with Gasteiger partial charge in [-0.15, -0.1) is 0 Å². The summed E-state index contributed by atoms with van der Waals surface area (Å²) in [4.78, 5) is 30.9. The third kappa shape index (κ3) is 3.88.